The van der Waals surface area contributed by atoms with Gasteiger partial charge in [-0.15, -0.1) is 0 Å². The molecule has 0 radical (unpaired) electrons. The van der Waals surface area contributed by atoms with Gasteiger partial charge < -0.3 is 9.64 Å². The molecule has 2 fully saturated rings. The van der Waals surface area contributed by atoms with Crippen molar-refractivity contribution in [1.82, 2.24) is 24.8 Å². The Morgan fingerprint density at radius 3 is 2.52 bits per heavy atom. The van der Waals surface area contributed by atoms with Crippen LogP contribution in [-0.2, 0) is 4.74 Å². The van der Waals surface area contributed by atoms with Crippen LogP contribution in [0.25, 0.3) is 22.6 Å². The number of aryl methyl sites for hydroxylation is 1. The highest BCUT2D eigenvalue weighted by molar-refractivity contribution is 5.67. The number of morpholine rings is 1. The van der Waals surface area contributed by atoms with Gasteiger partial charge in [0.1, 0.15) is 5.82 Å². The first kappa shape index (κ1) is 20.0. The summed E-state index contributed by atoms with van der Waals surface area (Å²) in [5.74, 6) is 1.72. The van der Waals surface area contributed by atoms with Crippen LogP contribution >= 0.6 is 0 Å². The molecule has 0 bridgehead atoms. The van der Waals surface area contributed by atoms with Gasteiger partial charge in [-0.05, 0) is 44.0 Å². The lowest BCUT2D eigenvalue weighted by molar-refractivity contribution is 0.0115. The van der Waals surface area contributed by atoms with Crippen molar-refractivity contribution in [2.24, 2.45) is 0 Å². The Balaban J connectivity index is 1.43. The highest BCUT2D eigenvalue weighted by atomic mass is 16.5. The number of rotatable bonds is 4. The molecule has 3 aromatic rings. The lowest BCUT2D eigenvalue weighted by Gasteiger charge is -2.40. The lowest BCUT2D eigenvalue weighted by Crippen LogP contribution is -2.49. The highest BCUT2D eigenvalue weighted by Gasteiger charge is 2.27. The summed E-state index contributed by atoms with van der Waals surface area (Å²) in [4.78, 5) is 23.4. The molecule has 2 saturated heterocycles. The lowest BCUT2D eigenvalue weighted by atomic mass is 10.0. The maximum atomic E-state index is 5.52. The molecule has 0 saturated carbocycles. The predicted octanol–water partition coefficient (Wildman–Crippen LogP) is 3.21. The minimum Gasteiger partial charge on any atom is -0.379 e. The summed E-state index contributed by atoms with van der Waals surface area (Å²) in [6.45, 7) is 7.81. The van der Waals surface area contributed by atoms with Crippen LogP contribution in [0.4, 0.5) is 5.82 Å². The van der Waals surface area contributed by atoms with Gasteiger partial charge in [0.25, 0.3) is 0 Å². The summed E-state index contributed by atoms with van der Waals surface area (Å²) in [6.07, 6.45) is 7.76. The fraction of sp³-hybridized carbons (Fsp3) is 0.417. The number of piperidine rings is 1. The van der Waals surface area contributed by atoms with Gasteiger partial charge in [0.15, 0.2) is 5.82 Å². The molecule has 0 aliphatic carbocycles. The summed E-state index contributed by atoms with van der Waals surface area (Å²) < 4.78 is 5.52. The minimum absolute atomic E-state index is 0.641. The van der Waals surface area contributed by atoms with Crippen molar-refractivity contribution in [3.8, 4) is 22.6 Å². The van der Waals surface area contributed by atoms with Crippen LogP contribution in [0.3, 0.4) is 0 Å². The molecule has 160 valence electrons. The van der Waals surface area contributed by atoms with E-state index in [-0.39, 0.29) is 0 Å². The van der Waals surface area contributed by atoms with Crippen LogP contribution in [0.2, 0.25) is 0 Å². The summed E-state index contributed by atoms with van der Waals surface area (Å²) in [6, 6.07) is 10.7. The van der Waals surface area contributed by atoms with E-state index in [1.807, 2.05) is 43.6 Å². The number of anilines is 1. The number of nitrogens with zero attached hydrogens (tertiary/aromatic N) is 6. The van der Waals surface area contributed by atoms with Gasteiger partial charge in [0.2, 0.25) is 0 Å². The number of hydrogen-bond acceptors (Lipinski definition) is 7. The Labute approximate surface area is 183 Å². The first-order valence-electron chi connectivity index (χ1n) is 11.1. The Hall–Kier alpha value is -2.90. The van der Waals surface area contributed by atoms with Crippen molar-refractivity contribution >= 4 is 5.82 Å². The zero-order valence-corrected chi connectivity index (χ0v) is 17.9. The Kier molecular flexibility index (Phi) is 5.86. The zero-order valence-electron chi connectivity index (χ0n) is 17.9. The van der Waals surface area contributed by atoms with Crippen molar-refractivity contribution in [2.75, 3.05) is 44.3 Å². The van der Waals surface area contributed by atoms with E-state index < -0.39 is 0 Å². The molecule has 7 nitrogen and oxygen atoms in total. The van der Waals surface area contributed by atoms with Gasteiger partial charge in [-0.25, -0.2) is 9.97 Å². The molecule has 0 unspecified atom stereocenters. The van der Waals surface area contributed by atoms with E-state index in [9.17, 15) is 0 Å². The van der Waals surface area contributed by atoms with Crippen LogP contribution in [-0.4, -0.2) is 70.3 Å². The monoisotopic (exact) mass is 416 g/mol. The number of pyridine rings is 2. The Morgan fingerprint density at radius 1 is 0.935 bits per heavy atom. The van der Waals surface area contributed by atoms with E-state index in [4.69, 9.17) is 14.7 Å². The summed E-state index contributed by atoms with van der Waals surface area (Å²) in [5.41, 5.74) is 3.85. The van der Waals surface area contributed by atoms with Crippen LogP contribution in [0, 0.1) is 6.92 Å². The van der Waals surface area contributed by atoms with E-state index in [0.29, 0.717) is 6.04 Å². The summed E-state index contributed by atoms with van der Waals surface area (Å²) >= 11 is 0. The molecular weight excluding hydrogens is 388 g/mol. The minimum atomic E-state index is 0.641. The molecule has 31 heavy (non-hydrogen) atoms. The average Bonchev–Trinajstić information content (AvgIpc) is 2.85. The first-order chi connectivity index (χ1) is 15.3. The Bertz CT molecular complexity index is 1010. The molecule has 5 heterocycles. The normalized spacial score (nSPS) is 18.3. The Morgan fingerprint density at radius 2 is 1.77 bits per heavy atom. The topological polar surface area (TPSA) is 67.3 Å². The summed E-state index contributed by atoms with van der Waals surface area (Å²) in [5, 5.41) is 0. The van der Waals surface area contributed by atoms with Gasteiger partial charge in [-0.3, -0.25) is 14.9 Å². The third kappa shape index (κ3) is 4.57. The molecular formula is C24H28N6O. The van der Waals surface area contributed by atoms with Crippen molar-refractivity contribution in [1.29, 1.82) is 0 Å². The SMILES string of the molecule is Cc1cc(-c2nc(-c3cccnc3)cc(N3CCC(N4CCOCC4)CC3)n2)ccn1. The number of hydrogen-bond donors (Lipinski definition) is 0. The number of aromatic nitrogens is 4. The maximum Gasteiger partial charge on any atom is 0.162 e. The third-order valence-corrected chi connectivity index (χ3v) is 6.18. The molecule has 2 aliphatic rings. The van der Waals surface area contributed by atoms with Gasteiger partial charge in [-0.2, -0.15) is 0 Å². The largest absolute Gasteiger partial charge is 0.379 e. The van der Waals surface area contributed by atoms with Crippen LogP contribution < -0.4 is 4.90 Å². The third-order valence-electron chi connectivity index (χ3n) is 6.18. The molecule has 3 aromatic heterocycles. The predicted molar refractivity (Wildman–Crippen MR) is 121 cm³/mol. The smallest absolute Gasteiger partial charge is 0.162 e. The second kappa shape index (κ2) is 9.08. The van der Waals surface area contributed by atoms with E-state index in [2.05, 4.69) is 25.8 Å². The zero-order chi connectivity index (χ0) is 21.0. The molecule has 0 amide bonds. The van der Waals surface area contributed by atoms with Gasteiger partial charge in [0.05, 0.1) is 18.9 Å². The standard InChI is InChI=1S/C24H28N6O/c1-18-15-19(4-8-26-18)24-27-22(20-3-2-7-25-17-20)16-23(28-24)30-9-5-21(6-10-30)29-11-13-31-14-12-29/h2-4,7-8,15-17,21H,5-6,9-14H2,1H3. The van der Waals surface area contributed by atoms with Gasteiger partial charge in [-0.1, -0.05) is 0 Å². The van der Waals surface area contributed by atoms with E-state index in [1.54, 1.807) is 6.20 Å². The van der Waals surface area contributed by atoms with Crippen molar-refractivity contribution in [2.45, 2.75) is 25.8 Å². The molecule has 5 rings (SSSR count). The second-order valence-corrected chi connectivity index (χ2v) is 8.23. The average molecular weight is 417 g/mol. The summed E-state index contributed by atoms with van der Waals surface area (Å²) in [7, 11) is 0. The second-order valence-electron chi connectivity index (χ2n) is 8.23. The highest BCUT2D eigenvalue weighted by Crippen LogP contribution is 2.28. The van der Waals surface area contributed by atoms with E-state index in [0.717, 1.165) is 86.4 Å². The molecule has 0 aromatic carbocycles. The fourth-order valence-corrected chi connectivity index (χ4v) is 4.48. The molecule has 0 atom stereocenters. The molecule has 7 heteroatoms. The van der Waals surface area contributed by atoms with E-state index in [1.165, 1.54) is 0 Å². The first-order valence-corrected chi connectivity index (χ1v) is 11.1. The fourth-order valence-electron chi connectivity index (χ4n) is 4.48. The maximum absolute atomic E-state index is 5.52. The molecule has 2 aliphatic heterocycles. The van der Waals surface area contributed by atoms with Gasteiger partial charge >= 0.3 is 0 Å². The number of ether oxygens (including phenoxy) is 1. The van der Waals surface area contributed by atoms with Gasteiger partial charge in [0, 0.05) is 73.7 Å². The quantitative estimate of drug-likeness (QED) is 0.647. The molecule has 0 N–H and O–H groups in total. The molecule has 0 spiro atoms. The van der Waals surface area contributed by atoms with Crippen LogP contribution in [0.5, 0.6) is 0 Å². The van der Waals surface area contributed by atoms with Crippen molar-refractivity contribution in [3.05, 3.63) is 54.6 Å². The van der Waals surface area contributed by atoms with E-state index >= 15 is 0 Å². The van der Waals surface area contributed by atoms with Crippen molar-refractivity contribution < 1.29 is 4.74 Å². The van der Waals surface area contributed by atoms with Crippen LogP contribution in [0.15, 0.2) is 48.9 Å². The van der Waals surface area contributed by atoms with Crippen molar-refractivity contribution in [3.63, 3.8) is 0 Å². The van der Waals surface area contributed by atoms with Crippen LogP contribution in [0.1, 0.15) is 18.5 Å².